The van der Waals surface area contributed by atoms with Crippen LogP contribution in [0.5, 0.6) is 5.75 Å². The summed E-state index contributed by atoms with van der Waals surface area (Å²) in [6, 6.07) is 5.66. The number of amidine groups is 1. The molecule has 0 aromatic heterocycles. The standard InChI is InChI=1S/C16H26N2O/c1-3-4-5-6-7-8-11-19-15-12-14(16(17)18)10-9-13(15)2/h9-10,12H,3-8,11H2,1-2H3,(H3,17,18). The molecule has 1 aromatic carbocycles. The van der Waals surface area contributed by atoms with Crippen LogP contribution in [-0.4, -0.2) is 12.4 Å². The van der Waals surface area contributed by atoms with Crippen molar-refractivity contribution in [3.8, 4) is 5.75 Å². The molecule has 0 fully saturated rings. The Labute approximate surface area is 116 Å². The van der Waals surface area contributed by atoms with Crippen LogP contribution in [0.15, 0.2) is 18.2 Å². The third kappa shape index (κ3) is 5.77. The molecule has 1 aromatic rings. The number of benzene rings is 1. The summed E-state index contributed by atoms with van der Waals surface area (Å²) in [5, 5.41) is 7.43. The van der Waals surface area contributed by atoms with Crippen molar-refractivity contribution >= 4 is 5.84 Å². The van der Waals surface area contributed by atoms with Gasteiger partial charge in [-0.25, -0.2) is 0 Å². The van der Waals surface area contributed by atoms with Gasteiger partial charge in [-0.05, 0) is 25.0 Å². The van der Waals surface area contributed by atoms with Crippen molar-refractivity contribution in [2.75, 3.05) is 6.61 Å². The maximum absolute atomic E-state index is 7.43. The van der Waals surface area contributed by atoms with Crippen LogP contribution >= 0.6 is 0 Å². The van der Waals surface area contributed by atoms with E-state index in [0.29, 0.717) is 0 Å². The van der Waals surface area contributed by atoms with Crippen molar-refractivity contribution in [3.05, 3.63) is 29.3 Å². The Hall–Kier alpha value is -1.51. The van der Waals surface area contributed by atoms with Gasteiger partial charge in [0.15, 0.2) is 0 Å². The van der Waals surface area contributed by atoms with Crippen LogP contribution in [-0.2, 0) is 0 Å². The van der Waals surface area contributed by atoms with Crippen LogP contribution in [0.1, 0.15) is 56.6 Å². The monoisotopic (exact) mass is 262 g/mol. The summed E-state index contributed by atoms with van der Waals surface area (Å²) >= 11 is 0. The minimum absolute atomic E-state index is 0.0874. The second-order valence-corrected chi connectivity index (χ2v) is 5.01. The zero-order valence-electron chi connectivity index (χ0n) is 12.2. The number of hydrogen-bond acceptors (Lipinski definition) is 2. The number of unbranched alkanes of at least 4 members (excludes halogenated alkanes) is 5. The molecule has 0 saturated carbocycles. The molecule has 0 spiro atoms. The summed E-state index contributed by atoms with van der Waals surface area (Å²) in [5.41, 5.74) is 7.30. The van der Waals surface area contributed by atoms with E-state index in [1.807, 2.05) is 25.1 Å². The Morgan fingerprint density at radius 2 is 1.84 bits per heavy atom. The summed E-state index contributed by atoms with van der Waals surface area (Å²) < 4.78 is 5.78. The number of nitrogen functional groups attached to an aromatic ring is 1. The van der Waals surface area contributed by atoms with Crippen LogP contribution in [0, 0.1) is 12.3 Å². The Kier molecular flexibility index (Phi) is 7.01. The largest absolute Gasteiger partial charge is 0.493 e. The highest BCUT2D eigenvalue weighted by Crippen LogP contribution is 2.20. The molecule has 3 nitrogen and oxygen atoms in total. The number of nitrogens with two attached hydrogens (primary N) is 1. The molecule has 0 amide bonds. The van der Waals surface area contributed by atoms with Gasteiger partial charge in [0.2, 0.25) is 0 Å². The van der Waals surface area contributed by atoms with Crippen molar-refractivity contribution < 1.29 is 4.74 Å². The average Bonchev–Trinajstić information content (AvgIpc) is 2.39. The lowest BCUT2D eigenvalue weighted by Crippen LogP contribution is -2.11. The van der Waals surface area contributed by atoms with Gasteiger partial charge in [0.25, 0.3) is 0 Å². The topological polar surface area (TPSA) is 59.1 Å². The normalized spacial score (nSPS) is 10.4. The molecule has 0 aliphatic carbocycles. The smallest absolute Gasteiger partial charge is 0.122 e. The molecular weight excluding hydrogens is 236 g/mol. The second kappa shape index (κ2) is 8.57. The van der Waals surface area contributed by atoms with Crippen LogP contribution < -0.4 is 10.5 Å². The summed E-state index contributed by atoms with van der Waals surface area (Å²) in [6.45, 7) is 4.99. The van der Waals surface area contributed by atoms with E-state index in [4.69, 9.17) is 15.9 Å². The Morgan fingerprint density at radius 3 is 2.53 bits per heavy atom. The van der Waals surface area contributed by atoms with Crippen molar-refractivity contribution in [2.24, 2.45) is 5.73 Å². The SMILES string of the molecule is CCCCCCCCOc1cc(C(=N)N)ccc1C. The Balaban J connectivity index is 2.32. The zero-order chi connectivity index (χ0) is 14.1. The van der Waals surface area contributed by atoms with Crippen LogP contribution in [0.25, 0.3) is 0 Å². The fourth-order valence-corrected chi connectivity index (χ4v) is 1.99. The molecule has 0 radical (unpaired) electrons. The third-order valence-corrected chi connectivity index (χ3v) is 3.25. The van der Waals surface area contributed by atoms with E-state index in [1.54, 1.807) is 0 Å². The van der Waals surface area contributed by atoms with Crippen molar-refractivity contribution in [2.45, 2.75) is 52.4 Å². The summed E-state index contributed by atoms with van der Waals surface area (Å²) in [4.78, 5) is 0. The van der Waals surface area contributed by atoms with E-state index in [9.17, 15) is 0 Å². The van der Waals surface area contributed by atoms with Gasteiger partial charge in [-0.3, -0.25) is 5.41 Å². The molecule has 0 aliphatic heterocycles. The van der Waals surface area contributed by atoms with E-state index < -0.39 is 0 Å². The first-order chi connectivity index (χ1) is 9.15. The molecule has 0 aliphatic rings. The minimum atomic E-state index is 0.0874. The Bertz CT molecular complexity index is 402. The van der Waals surface area contributed by atoms with Gasteiger partial charge in [-0.15, -0.1) is 0 Å². The third-order valence-electron chi connectivity index (χ3n) is 3.25. The summed E-state index contributed by atoms with van der Waals surface area (Å²) in [7, 11) is 0. The molecule has 0 saturated heterocycles. The maximum Gasteiger partial charge on any atom is 0.122 e. The first kappa shape index (κ1) is 15.5. The molecule has 0 heterocycles. The minimum Gasteiger partial charge on any atom is -0.493 e. The Morgan fingerprint density at radius 1 is 1.16 bits per heavy atom. The predicted molar refractivity (Wildman–Crippen MR) is 81.1 cm³/mol. The van der Waals surface area contributed by atoms with Crippen molar-refractivity contribution in [3.63, 3.8) is 0 Å². The van der Waals surface area contributed by atoms with Gasteiger partial charge in [0.1, 0.15) is 11.6 Å². The van der Waals surface area contributed by atoms with Gasteiger partial charge in [0.05, 0.1) is 6.61 Å². The number of hydrogen-bond donors (Lipinski definition) is 2. The molecular formula is C16H26N2O. The molecule has 1 rings (SSSR count). The van der Waals surface area contributed by atoms with Gasteiger partial charge < -0.3 is 10.5 Å². The molecule has 106 valence electrons. The van der Waals surface area contributed by atoms with Gasteiger partial charge >= 0.3 is 0 Å². The van der Waals surface area contributed by atoms with Crippen LogP contribution in [0.4, 0.5) is 0 Å². The number of rotatable bonds is 9. The van der Waals surface area contributed by atoms with E-state index in [2.05, 4.69) is 6.92 Å². The first-order valence-corrected chi connectivity index (χ1v) is 7.23. The van der Waals surface area contributed by atoms with Gasteiger partial charge in [0, 0.05) is 5.56 Å². The van der Waals surface area contributed by atoms with Crippen molar-refractivity contribution in [1.82, 2.24) is 0 Å². The summed E-state index contributed by atoms with van der Waals surface area (Å²) in [6.07, 6.45) is 7.56. The fraction of sp³-hybridized carbons (Fsp3) is 0.562. The molecule has 0 unspecified atom stereocenters. The lowest BCUT2D eigenvalue weighted by molar-refractivity contribution is 0.302. The van der Waals surface area contributed by atoms with Crippen LogP contribution in [0.3, 0.4) is 0 Å². The number of ether oxygens (including phenoxy) is 1. The van der Waals surface area contributed by atoms with E-state index >= 15 is 0 Å². The zero-order valence-corrected chi connectivity index (χ0v) is 12.2. The van der Waals surface area contributed by atoms with E-state index in [0.717, 1.165) is 29.9 Å². The molecule has 0 bridgehead atoms. The summed E-state index contributed by atoms with van der Waals surface area (Å²) in [5.74, 6) is 0.936. The van der Waals surface area contributed by atoms with Crippen molar-refractivity contribution in [1.29, 1.82) is 5.41 Å². The van der Waals surface area contributed by atoms with E-state index in [-0.39, 0.29) is 5.84 Å². The molecule has 3 N–H and O–H groups in total. The average molecular weight is 262 g/mol. The second-order valence-electron chi connectivity index (χ2n) is 5.01. The lowest BCUT2D eigenvalue weighted by atomic mass is 10.1. The molecule has 3 heteroatoms. The van der Waals surface area contributed by atoms with Gasteiger partial charge in [-0.1, -0.05) is 51.2 Å². The van der Waals surface area contributed by atoms with E-state index in [1.165, 1.54) is 32.1 Å². The predicted octanol–water partition coefficient (Wildman–Crippen LogP) is 4.02. The number of nitrogens with one attached hydrogen (secondary N) is 1. The number of aryl methyl sites for hydroxylation is 1. The quantitative estimate of drug-likeness (QED) is 0.401. The fourth-order valence-electron chi connectivity index (χ4n) is 1.99. The van der Waals surface area contributed by atoms with Crippen LogP contribution in [0.2, 0.25) is 0 Å². The molecule has 19 heavy (non-hydrogen) atoms. The lowest BCUT2D eigenvalue weighted by Gasteiger charge is -2.10. The highest BCUT2D eigenvalue weighted by molar-refractivity contribution is 5.95. The molecule has 0 atom stereocenters. The first-order valence-electron chi connectivity index (χ1n) is 7.23. The van der Waals surface area contributed by atoms with Gasteiger partial charge in [-0.2, -0.15) is 0 Å². The maximum atomic E-state index is 7.43. The highest BCUT2D eigenvalue weighted by atomic mass is 16.5. The highest BCUT2D eigenvalue weighted by Gasteiger charge is 2.03.